The number of benzene rings is 1. The molecule has 1 aliphatic rings. The number of piperazine rings is 1. The van der Waals surface area contributed by atoms with Gasteiger partial charge in [-0.25, -0.2) is 0 Å². The summed E-state index contributed by atoms with van der Waals surface area (Å²) < 4.78 is 0. The number of rotatable bonds is 6. The van der Waals surface area contributed by atoms with Gasteiger partial charge in [0, 0.05) is 50.5 Å². The molecule has 0 aromatic heterocycles. The number of nitrogens with one attached hydrogen (secondary N) is 1. The average molecular weight is 289 g/mol. The van der Waals surface area contributed by atoms with Crippen molar-refractivity contribution in [3.8, 4) is 0 Å². The Morgan fingerprint density at radius 3 is 2.48 bits per heavy atom. The molecule has 0 bridgehead atoms. The Morgan fingerprint density at radius 1 is 1.14 bits per heavy atom. The second-order valence-corrected chi connectivity index (χ2v) is 6.43. The maximum Gasteiger partial charge on any atom is 0.0369 e. The molecule has 0 saturated carbocycles. The molecule has 0 aliphatic carbocycles. The third-order valence-electron chi connectivity index (χ3n) is 4.68. The molecule has 0 radical (unpaired) electrons. The van der Waals surface area contributed by atoms with Crippen LogP contribution in [0.3, 0.4) is 0 Å². The van der Waals surface area contributed by atoms with E-state index in [1.165, 1.54) is 17.7 Å². The minimum atomic E-state index is 0.624. The van der Waals surface area contributed by atoms with Crippen LogP contribution in [0.1, 0.15) is 32.8 Å². The first kappa shape index (κ1) is 16.3. The van der Waals surface area contributed by atoms with Crippen molar-refractivity contribution in [3.63, 3.8) is 0 Å². The van der Waals surface area contributed by atoms with Crippen LogP contribution in [0.5, 0.6) is 0 Å². The molecule has 1 aromatic carbocycles. The summed E-state index contributed by atoms with van der Waals surface area (Å²) >= 11 is 0. The standard InChI is InChI=1S/C18H31N3/c1-5-16(3)19-14-17(4)20-9-11-21(12-10-20)18-8-6-7-15(2)13-18/h6-8,13,16-17,19H,5,9-12,14H2,1-4H3. The Bertz CT molecular complexity index is 424. The first-order valence-corrected chi connectivity index (χ1v) is 8.39. The number of anilines is 1. The molecule has 3 nitrogen and oxygen atoms in total. The maximum absolute atomic E-state index is 3.62. The molecular weight excluding hydrogens is 258 g/mol. The molecule has 21 heavy (non-hydrogen) atoms. The summed E-state index contributed by atoms with van der Waals surface area (Å²) in [6, 6.07) is 10.1. The lowest BCUT2D eigenvalue weighted by atomic mass is 10.1. The molecule has 1 saturated heterocycles. The van der Waals surface area contributed by atoms with Gasteiger partial charge in [-0.15, -0.1) is 0 Å². The van der Waals surface area contributed by atoms with Crippen molar-refractivity contribution in [1.29, 1.82) is 0 Å². The highest BCUT2D eigenvalue weighted by molar-refractivity contribution is 5.48. The fourth-order valence-corrected chi connectivity index (χ4v) is 2.89. The molecule has 118 valence electrons. The highest BCUT2D eigenvalue weighted by atomic mass is 15.3. The average Bonchev–Trinajstić information content (AvgIpc) is 2.52. The lowest BCUT2D eigenvalue weighted by Gasteiger charge is -2.39. The van der Waals surface area contributed by atoms with Crippen LogP contribution in [0.4, 0.5) is 5.69 Å². The number of hydrogen-bond donors (Lipinski definition) is 1. The summed E-state index contributed by atoms with van der Waals surface area (Å²) in [6.07, 6.45) is 1.20. The van der Waals surface area contributed by atoms with Crippen LogP contribution in [-0.2, 0) is 0 Å². The van der Waals surface area contributed by atoms with E-state index in [-0.39, 0.29) is 0 Å². The Morgan fingerprint density at radius 2 is 1.86 bits per heavy atom. The third kappa shape index (κ3) is 4.72. The van der Waals surface area contributed by atoms with Gasteiger partial charge in [0.1, 0.15) is 0 Å². The number of aryl methyl sites for hydroxylation is 1. The topological polar surface area (TPSA) is 18.5 Å². The molecule has 1 N–H and O–H groups in total. The van der Waals surface area contributed by atoms with E-state index >= 15 is 0 Å². The van der Waals surface area contributed by atoms with Crippen molar-refractivity contribution in [2.75, 3.05) is 37.6 Å². The lowest BCUT2D eigenvalue weighted by Crippen LogP contribution is -2.52. The number of hydrogen-bond acceptors (Lipinski definition) is 3. The summed E-state index contributed by atoms with van der Waals surface area (Å²) in [4.78, 5) is 5.12. The minimum absolute atomic E-state index is 0.624. The first-order valence-electron chi connectivity index (χ1n) is 8.39. The van der Waals surface area contributed by atoms with Crippen LogP contribution < -0.4 is 10.2 Å². The van der Waals surface area contributed by atoms with Crippen molar-refractivity contribution in [2.24, 2.45) is 0 Å². The normalized spacial score (nSPS) is 19.5. The smallest absolute Gasteiger partial charge is 0.0369 e. The highest BCUT2D eigenvalue weighted by Crippen LogP contribution is 2.18. The van der Waals surface area contributed by atoms with Gasteiger partial charge in [-0.2, -0.15) is 0 Å². The molecule has 1 aromatic rings. The second-order valence-electron chi connectivity index (χ2n) is 6.43. The zero-order valence-corrected chi connectivity index (χ0v) is 14.1. The van der Waals surface area contributed by atoms with Crippen LogP contribution in [0.15, 0.2) is 24.3 Å². The molecule has 2 unspecified atom stereocenters. The van der Waals surface area contributed by atoms with Gasteiger partial charge >= 0.3 is 0 Å². The van der Waals surface area contributed by atoms with E-state index in [0.29, 0.717) is 12.1 Å². The van der Waals surface area contributed by atoms with Gasteiger partial charge < -0.3 is 10.2 Å². The zero-order chi connectivity index (χ0) is 15.2. The highest BCUT2D eigenvalue weighted by Gasteiger charge is 2.21. The molecule has 1 aliphatic heterocycles. The molecular formula is C18H31N3. The maximum atomic E-state index is 3.62. The minimum Gasteiger partial charge on any atom is -0.369 e. The van der Waals surface area contributed by atoms with Crippen LogP contribution in [0, 0.1) is 6.92 Å². The van der Waals surface area contributed by atoms with Crippen LogP contribution in [-0.4, -0.2) is 49.7 Å². The summed E-state index contributed by atoms with van der Waals surface area (Å²) in [6.45, 7) is 14.7. The third-order valence-corrected chi connectivity index (χ3v) is 4.68. The van der Waals surface area contributed by atoms with E-state index < -0.39 is 0 Å². The van der Waals surface area contributed by atoms with Gasteiger partial charge in [-0.05, 0) is 44.9 Å². The summed E-state index contributed by atoms with van der Waals surface area (Å²) in [5, 5.41) is 3.62. The van der Waals surface area contributed by atoms with Crippen molar-refractivity contribution in [2.45, 2.75) is 46.2 Å². The molecule has 3 heteroatoms. The van der Waals surface area contributed by atoms with E-state index in [4.69, 9.17) is 0 Å². The van der Waals surface area contributed by atoms with Gasteiger partial charge in [0.05, 0.1) is 0 Å². The number of nitrogens with zero attached hydrogens (tertiary/aromatic N) is 2. The van der Waals surface area contributed by atoms with Crippen molar-refractivity contribution in [3.05, 3.63) is 29.8 Å². The van der Waals surface area contributed by atoms with Gasteiger partial charge in [0.2, 0.25) is 0 Å². The molecule has 2 atom stereocenters. The van der Waals surface area contributed by atoms with E-state index in [2.05, 4.69) is 67.1 Å². The van der Waals surface area contributed by atoms with Crippen LogP contribution in [0.25, 0.3) is 0 Å². The molecule has 2 rings (SSSR count). The monoisotopic (exact) mass is 289 g/mol. The van der Waals surface area contributed by atoms with Gasteiger partial charge in [-0.3, -0.25) is 4.90 Å². The summed E-state index contributed by atoms with van der Waals surface area (Å²) in [5.41, 5.74) is 2.72. The fourth-order valence-electron chi connectivity index (χ4n) is 2.89. The summed E-state index contributed by atoms with van der Waals surface area (Å²) in [7, 11) is 0. The second kappa shape index (κ2) is 7.81. The fraction of sp³-hybridized carbons (Fsp3) is 0.667. The van der Waals surface area contributed by atoms with Crippen molar-refractivity contribution >= 4 is 5.69 Å². The van der Waals surface area contributed by atoms with Crippen molar-refractivity contribution in [1.82, 2.24) is 10.2 Å². The molecule has 1 fully saturated rings. The predicted octanol–water partition coefficient (Wildman–Crippen LogP) is 2.89. The predicted molar refractivity (Wildman–Crippen MR) is 92.2 cm³/mol. The molecule has 0 amide bonds. The first-order chi connectivity index (χ1) is 10.1. The Hall–Kier alpha value is -1.06. The van der Waals surface area contributed by atoms with Crippen molar-refractivity contribution < 1.29 is 0 Å². The Labute approximate surface area is 130 Å². The van der Waals surface area contributed by atoms with Gasteiger partial charge in [-0.1, -0.05) is 19.1 Å². The van der Waals surface area contributed by atoms with Gasteiger partial charge in [0.15, 0.2) is 0 Å². The Kier molecular flexibility index (Phi) is 6.07. The van der Waals surface area contributed by atoms with Crippen LogP contribution >= 0.6 is 0 Å². The molecule has 1 heterocycles. The summed E-state index contributed by atoms with van der Waals surface area (Å²) in [5.74, 6) is 0. The van der Waals surface area contributed by atoms with E-state index in [9.17, 15) is 0 Å². The van der Waals surface area contributed by atoms with E-state index in [0.717, 1.165) is 32.7 Å². The van der Waals surface area contributed by atoms with Crippen LogP contribution in [0.2, 0.25) is 0 Å². The Balaban J connectivity index is 1.80. The SMILES string of the molecule is CCC(C)NCC(C)N1CCN(c2cccc(C)c2)CC1. The quantitative estimate of drug-likeness (QED) is 0.869. The van der Waals surface area contributed by atoms with E-state index in [1.54, 1.807) is 0 Å². The largest absolute Gasteiger partial charge is 0.369 e. The van der Waals surface area contributed by atoms with Gasteiger partial charge in [0.25, 0.3) is 0 Å². The zero-order valence-electron chi connectivity index (χ0n) is 14.1. The lowest BCUT2D eigenvalue weighted by molar-refractivity contribution is 0.190. The molecule has 0 spiro atoms. The van der Waals surface area contributed by atoms with E-state index in [1.807, 2.05) is 0 Å².